The van der Waals surface area contributed by atoms with Gasteiger partial charge in [0.2, 0.25) is 0 Å². The third-order valence-electron chi connectivity index (χ3n) is 3.15. The molecule has 3 heteroatoms. The zero-order valence-corrected chi connectivity index (χ0v) is 13.7. The molecule has 0 amide bonds. The summed E-state index contributed by atoms with van der Waals surface area (Å²) in [6.45, 7) is 4.24. The van der Waals surface area contributed by atoms with Gasteiger partial charge in [0.1, 0.15) is 0 Å². The van der Waals surface area contributed by atoms with Gasteiger partial charge in [0, 0.05) is 11.9 Å². The smallest absolute Gasteiger partial charge is 0.0489 e. The average molecular weight is 285 g/mol. The Kier molecular flexibility index (Phi) is 15.3. The van der Waals surface area contributed by atoms with Gasteiger partial charge >= 0.3 is 0 Å². The normalized spacial score (nSPS) is 10.1. The third kappa shape index (κ3) is 15.5. The number of hydrogen-bond donors (Lipinski definition) is 2. The van der Waals surface area contributed by atoms with Crippen molar-refractivity contribution in [2.24, 2.45) is 0 Å². The van der Waals surface area contributed by atoms with Gasteiger partial charge in [-0.15, -0.1) is 0 Å². The van der Waals surface area contributed by atoms with Crippen LogP contribution < -0.4 is 0 Å². The molecule has 0 atom stereocenters. The summed E-state index contributed by atoms with van der Waals surface area (Å²) in [5.74, 6) is 1.07. The fraction of sp³-hybridized carbons (Fsp3) is 0.812. The molecule has 0 aliphatic rings. The first-order valence-electron chi connectivity index (χ1n) is 7.88. The van der Waals surface area contributed by atoms with Crippen LogP contribution in [0.15, 0.2) is 12.3 Å². The highest BCUT2D eigenvalue weighted by Gasteiger charge is 1.91. The monoisotopic (exact) mass is 284 g/mol. The third-order valence-corrected chi connectivity index (χ3v) is 3.47. The maximum absolute atomic E-state index is 4.20. The summed E-state index contributed by atoms with van der Waals surface area (Å²) in [6.07, 6.45) is 15.9. The van der Waals surface area contributed by atoms with Crippen LogP contribution in [-0.2, 0) is 0 Å². The predicted molar refractivity (Wildman–Crippen MR) is 89.0 cm³/mol. The summed E-state index contributed by atoms with van der Waals surface area (Å²) in [6, 6.07) is 1.92. The molecule has 0 radical (unpaired) electrons. The number of H-pyrrole nitrogens is 1. The number of nitrogens with zero attached hydrogens (tertiary/aromatic N) is 1. The zero-order valence-electron chi connectivity index (χ0n) is 12.8. The highest BCUT2D eigenvalue weighted by Crippen LogP contribution is 2.10. The number of rotatable bonds is 10. The molecule has 1 aromatic heterocycles. The minimum absolute atomic E-state index is 1.07. The minimum Gasteiger partial charge on any atom is -0.283 e. The van der Waals surface area contributed by atoms with E-state index in [1.165, 1.54) is 64.2 Å². The maximum Gasteiger partial charge on any atom is 0.0489 e. The molecule has 0 spiro atoms. The first kappa shape index (κ1) is 18.6. The summed E-state index contributed by atoms with van der Waals surface area (Å²) in [7, 11) is 0. The van der Waals surface area contributed by atoms with Crippen molar-refractivity contribution in [3.05, 3.63) is 18.0 Å². The number of thiol groups is 1. The predicted octanol–water partition coefficient (Wildman–Crippen LogP) is 5.56. The van der Waals surface area contributed by atoms with Gasteiger partial charge in [-0.2, -0.15) is 17.7 Å². The number of unbranched alkanes of at least 4 members (excludes halogenated alkanes) is 9. The summed E-state index contributed by atoms with van der Waals surface area (Å²) in [4.78, 5) is 0. The Morgan fingerprint density at radius 3 is 1.79 bits per heavy atom. The van der Waals surface area contributed by atoms with Crippen LogP contribution in [-0.4, -0.2) is 16.0 Å². The molecule has 1 aromatic rings. The molecule has 0 bridgehead atoms. The molecule has 0 saturated carbocycles. The van der Waals surface area contributed by atoms with E-state index in [4.69, 9.17) is 0 Å². The standard InChI is InChI=1S/C12H26S.C4H6N2/c1-2-3-4-5-6-7-8-9-10-11-12-13;1-4-2-3-5-6-4/h13H,2-12H2,1H3;2-3H,1H3,(H,5,6). The van der Waals surface area contributed by atoms with E-state index in [2.05, 4.69) is 29.7 Å². The number of aryl methyl sites for hydroxylation is 1. The van der Waals surface area contributed by atoms with Gasteiger partial charge in [0.05, 0.1) is 0 Å². The molecule has 1 N–H and O–H groups in total. The van der Waals surface area contributed by atoms with Crippen molar-refractivity contribution < 1.29 is 0 Å². The first-order valence-corrected chi connectivity index (χ1v) is 8.51. The van der Waals surface area contributed by atoms with E-state index in [1.54, 1.807) is 6.20 Å². The van der Waals surface area contributed by atoms with Gasteiger partial charge in [0.15, 0.2) is 0 Å². The maximum atomic E-state index is 4.20. The molecule has 1 heterocycles. The van der Waals surface area contributed by atoms with Crippen molar-refractivity contribution in [2.45, 2.75) is 78.1 Å². The van der Waals surface area contributed by atoms with Crippen LogP contribution >= 0.6 is 12.6 Å². The van der Waals surface area contributed by atoms with Gasteiger partial charge in [-0.25, -0.2) is 0 Å². The lowest BCUT2D eigenvalue weighted by atomic mass is 10.1. The van der Waals surface area contributed by atoms with Gasteiger partial charge in [-0.1, -0.05) is 64.7 Å². The Bertz CT molecular complexity index is 237. The van der Waals surface area contributed by atoms with Crippen LogP contribution in [0, 0.1) is 6.92 Å². The van der Waals surface area contributed by atoms with E-state index >= 15 is 0 Å². The second-order valence-electron chi connectivity index (χ2n) is 5.15. The van der Waals surface area contributed by atoms with E-state index in [0.29, 0.717) is 0 Å². The SMILES string of the molecule is CCCCCCCCCCCCS.Cc1ccn[nH]1. The Morgan fingerprint density at radius 1 is 0.947 bits per heavy atom. The molecule has 0 fully saturated rings. The molecule has 1 rings (SSSR count). The van der Waals surface area contributed by atoms with Crippen molar-refractivity contribution in [2.75, 3.05) is 5.75 Å². The van der Waals surface area contributed by atoms with Crippen LogP contribution in [0.25, 0.3) is 0 Å². The van der Waals surface area contributed by atoms with E-state index < -0.39 is 0 Å². The van der Waals surface area contributed by atoms with E-state index in [1.807, 2.05) is 13.0 Å². The van der Waals surface area contributed by atoms with Gasteiger partial charge in [-0.3, -0.25) is 5.10 Å². The molecular formula is C16H32N2S. The molecule has 2 nitrogen and oxygen atoms in total. The lowest BCUT2D eigenvalue weighted by Crippen LogP contribution is -1.81. The number of hydrogen-bond acceptors (Lipinski definition) is 2. The lowest BCUT2D eigenvalue weighted by Gasteiger charge is -2.00. The fourth-order valence-corrected chi connectivity index (χ4v) is 2.15. The largest absolute Gasteiger partial charge is 0.283 e. The Labute approximate surface area is 125 Å². The summed E-state index contributed by atoms with van der Waals surface area (Å²) >= 11 is 4.20. The van der Waals surface area contributed by atoms with Crippen LogP contribution in [0.5, 0.6) is 0 Å². The van der Waals surface area contributed by atoms with E-state index in [0.717, 1.165) is 11.4 Å². The van der Waals surface area contributed by atoms with Crippen LogP contribution in [0.3, 0.4) is 0 Å². The number of nitrogens with one attached hydrogen (secondary N) is 1. The fourth-order valence-electron chi connectivity index (χ4n) is 1.92. The second-order valence-corrected chi connectivity index (χ2v) is 5.59. The highest BCUT2D eigenvalue weighted by atomic mass is 32.1. The van der Waals surface area contributed by atoms with Crippen molar-refractivity contribution >= 4 is 12.6 Å². The summed E-state index contributed by atoms with van der Waals surface area (Å²) in [5.41, 5.74) is 1.11. The van der Waals surface area contributed by atoms with Crippen molar-refractivity contribution in [1.82, 2.24) is 10.2 Å². The second kappa shape index (κ2) is 15.6. The molecule has 19 heavy (non-hydrogen) atoms. The van der Waals surface area contributed by atoms with Crippen molar-refractivity contribution in [1.29, 1.82) is 0 Å². The van der Waals surface area contributed by atoms with Crippen LogP contribution in [0.4, 0.5) is 0 Å². The number of aromatic amines is 1. The Hall–Kier alpha value is -0.440. The minimum atomic E-state index is 1.07. The molecule has 0 unspecified atom stereocenters. The molecule has 112 valence electrons. The van der Waals surface area contributed by atoms with Crippen LogP contribution in [0.1, 0.15) is 76.8 Å². The van der Waals surface area contributed by atoms with E-state index in [9.17, 15) is 0 Å². The number of aromatic nitrogens is 2. The quantitative estimate of drug-likeness (QED) is 0.427. The molecule has 0 aliphatic carbocycles. The molecular weight excluding hydrogens is 252 g/mol. The van der Waals surface area contributed by atoms with Crippen molar-refractivity contribution in [3.63, 3.8) is 0 Å². The van der Waals surface area contributed by atoms with Crippen molar-refractivity contribution in [3.8, 4) is 0 Å². The van der Waals surface area contributed by atoms with E-state index in [-0.39, 0.29) is 0 Å². The van der Waals surface area contributed by atoms with Gasteiger partial charge in [0.25, 0.3) is 0 Å². The average Bonchev–Trinajstić information content (AvgIpc) is 2.89. The summed E-state index contributed by atoms with van der Waals surface area (Å²) in [5, 5.41) is 6.45. The Balaban J connectivity index is 0.000000443. The van der Waals surface area contributed by atoms with Gasteiger partial charge in [-0.05, 0) is 25.2 Å². The Morgan fingerprint density at radius 2 is 1.47 bits per heavy atom. The summed E-state index contributed by atoms with van der Waals surface area (Å²) < 4.78 is 0. The highest BCUT2D eigenvalue weighted by molar-refractivity contribution is 7.80. The lowest BCUT2D eigenvalue weighted by molar-refractivity contribution is 0.563. The molecule has 0 saturated heterocycles. The molecule has 0 aliphatic heterocycles. The van der Waals surface area contributed by atoms with Crippen LogP contribution in [0.2, 0.25) is 0 Å². The van der Waals surface area contributed by atoms with Gasteiger partial charge < -0.3 is 0 Å². The topological polar surface area (TPSA) is 28.7 Å². The molecule has 0 aromatic carbocycles. The zero-order chi connectivity index (χ0) is 14.2. The first-order chi connectivity index (χ1) is 9.31.